The van der Waals surface area contributed by atoms with Crippen molar-refractivity contribution in [1.29, 1.82) is 0 Å². The van der Waals surface area contributed by atoms with Crippen molar-refractivity contribution in [2.75, 3.05) is 0 Å². The highest BCUT2D eigenvalue weighted by Gasteiger charge is 2.20. The fourth-order valence-electron chi connectivity index (χ4n) is 7.84. The van der Waals surface area contributed by atoms with Gasteiger partial charge in [0.15, 0.2) is 23.1 Å². The molecule has 0 saturated carbocycles. The van der Waals surface area contributed by atoms with Crippen LogP contribution in [0.3, 0.4) is 0 Å². The summed E-state index contributed by atoms with van der Waals surface area (Å²) in [6.07, 6.45) is 0. The Balaban J connectivity index is 1.15. The van der Waals surface area contributed by atoms with Gasteiger partial charge in [0, 0.05) is 44.1 Å². The van der Waals surface area contributed by atoms with E-state index >= 15 is 0 Å². The number of benzene rings is 8. The maximum Gasteiger partial charge on any atom is 0.227 e. The van der Waals surface area contributed by atoms with Gasteiger partial charge in [-0.2, -0.15) is 0 Å². The summed E-state index contributed by atoms with van der Waals surface area (Å²) in [6.45, 7) is 0. The normalized spacial score (nSPS) is 11.6. The number of hydrogen-bond acceptors (Lipinski definition) is 5. The van der Waals surface area contributed by atoms with Crippen LogP contribution in [0.1, 0.15) is 0 Å². The molecule has 0 fully saturated rings. The van der Waals surface area contributed by atoms with Crippen LogP contribution in [-0.4, -0.2) is 24.5 Å². The maximum absolute atomic E-state index is 6.57. The van der Waals surface area contributed by atoms with Crippen LogP contribution >= 0.6 is 0 Å². The van der Waals surface area contributed by atoms with E-state index in [1.165, 1.54) is 0 Å². The van der Waals surface area contributed by atoms with Crippen molar-refractivity contribution >= 4 is 43.7 Å². The van der Waals surface area contributed by atoms with Crippen molar-refractivity contribution < 1.29 is 4.42 Å². The number of para-hydroxylation sites is 2. The smallest absolute Gasteiger partial charge is 0.227 e. The SMILES string of the molecule is c1ccc(-c2cccc(-c3nc(-c4ccc5c(c4)c4ccccc4n5-c4ccccc4)nc(-c4cccc5ccc6nc(-c7ccccc7)oc6c45)n3)c2)cc1. The van der Waals surface area contributed by atoms with E-state index in [2.05, 4.69) is 138 Å². The molecular formula is C50H31N5O. The van der Waals surface area contributed by atoms with E-state index in [1.54, 1.807) is 0 Å². The van der Waals surface area contributed by atoms with E-state index < -0.39 is 0 Å². The van der Waals surface area contributed by atoms with Crippen LogP contribution in [0.2, 0.25) is 0 Å². The lowest BCUT2D eigenvalue weighted by Gasteiger charge is -2.12. The number of aromatic nitrogens is 5. The van der Waals surface area contributed by atoms with Gasteiger partial charge in [0.2, 0.25) is 5.89 Å². The van der Waals surface area contributed by atoms with Gasteiger partial charge >= 0.3 is 0 Å². The molecule has 0 saturated heterocycles. The lowest BCUT2D eigenvalue weighted by molar-refractivity contribution is 0.623. The molecule has 0 radical (unpaired) electrons. The molecule has 0 aliphatic heterocycles. The van der Waals surface area contributed by atoms with Gasteiger partial charge in [-0.05, 0) is 77.2 Å². The molecule has 3 heterocycles. The lowest BCUT2D eigenvalue weighted by Crippen LogP contribution is -2.01. The van der Waals surface area contributed by atoms with E-state index in [0.29, 0.717) is 28.9 Å². The molecule has 6 nitrogen and oxygen atoms in total. The molecule has 0 N–H and O–H groups in total. The fraction of sp³-hybridized carbons (Fsp3) is 0. The predicted octanol–water partition coefficient (Wildman–Crippen LogP) is 12.6. The van der Waals surface area contributed by atoms with Gasteiger partial charge in [-0.3, -0.25) is 0 Å². The van der Waals surface area contributed by atoms with E-state index in [9.17, 15) is 0 Å². The van der Waals surface area contributed by atoms with Crippen molar-refractivity contribution in [2.45, 2.75) is 0 Å². The van der Waals surface area contributed by atoms with Crippen molar-refractivity contribution in [3.05, 3.63) is 188 Å². The highest BCUT2D eigenvalue weighted by Crippen LogP contribution is 2.38. The van der Waals surface area contributed by atoms with Gasteiger partial charge in [0.05, 0.1) is 11.0 Å². The number of hydrogen-bond donors (Lipinski definition) is 0. The molecule has 0 bridgehead atoms. The Kier molecular flexibility index (Phi) is 7.38. The second-order valence-corrected chi connectivity index (χ2v) is 13.9. The summed E-state index contributed by atoms with van der Waals surface area (Å²) >= 11 is 0. The number of rotatable bonds is 6. The second-order valence-electron chi connectivity index (χ2n) is 13.9. The Labute approximate surface area is 322 Å². The first kappa shape index (κ1) is 31.8. The third kappa shape index (κ3) is 5.35. The van der Waals surface area contributed by atoms with Crippen LogP contribution in [0.4, 0.5) is 0 Å². The number of oxazole rings is 1. The van der Waals surface area contributed by atoms with Crippen LogP contribution in [0.25, 0.3) is 106 Å². The molecule has 8 aromatic carbocycles. The third-order valence-electron chi connectivity index (χ3n) is 10.5. The molecule has 56 heavy (non-hydrogen) atoms. The van der Waals surface area contributed by atoms with Crippen LogP contribution in [0.15, 0.2) is 192 Å². The lowest BCUT2D eigenvalue weighted by atomic mass is 10.0. The molecule has 0 aliphatic rings. The van der Waals surface area contributed by atoms with Crippen LogP contribution in [-0.2, 0) is 0 Å². The predicted molar refractivity (Wildman–Crippen MR) is 226 cm³/mol. The van der Waals surface area contributed by atoms with Gasteiger partial charge in [-0.25, -0.2) is 19.9 Å². The molecular weight excluding hydrogens is 687 g/mol. The standard InChI is InChI=1S/C50H31N5O/c1-4-14-32(15-5-1)35-19-12-20-36(30-35)47-52-48(37-27-29-44-41(31-37)39-23-10-11-25-43(39)55(44)38-21-8-3-9-22-38)54-49(53-47)40-24-13-18-33-26-28-42-46(45(33)40)56-50(51-42)34-16-6-2-7-17-34/h1-31H. The zero-order valence-electron chi connectivity index (χ0n) is 30.0. The highest BCUT2D eigenvalue weighted by molar-refractivity contribution is 6.12. The van der Waals surface area contributed by atoms with E-state index in [0.717, 1.165) is 77.2 Å². The summed E-state index contributed by atoms with van der Waals surface area (Å²) in [7, 11) is 0. The monoisotopic (exact) mass is 717 g/mol. The van der Waals surface area contributed by atoms with E-state index in [-0.39, 0.29) is 0 Å². The molecule has 0 aliphatic carbocycles. The van der Waals surface area contributed by atoms with Crippen LogP contribution in [0.5, 0.6) is 0 Å². The van der Waals surface area contributed by atoms with Gasteiger partial charge in [0.25, 0.3) is 0 Å². The number of nitrogens with zero attached hydrogens (tertiary/aromatic N) is 5. The van der Waals surface area contributed by atoms with Crippen molar-refractivity contribution in [3.8, 4) is 62.4 Å². The largest absolute Gasteiger partial charge is 0.435 e. The van der Waals surface area contributed by atoms with E-state index in [4.69, 9.17) is 24.4 Å². The molecule has 0 unspecified atom stereocenters. The van der Waals surface area contributed by atoms with Gasteiger partial charge in [-0.1, -0.05) is 127 Å². The fourth-order valence-corrected chi connectivity index (χ4v) is 7.84. The molecule has 6 heteroatoms. The first-order valence-electron chi connectivity index (χ1n) is 18.6. The molecule has 0 atom stereocenters. The Morgan fingerprint density at radius 1 is 0.393 bits per heavy atom. The highest BCUT2D eigenvalue weighted by atomic mass is 16.3. The summed E-state index contributed by atoms with van der Waals surface area (Å²) < 4.78 is 8.88. The van der Waals surface area contributed by atoms with E-state index in [1.807, 2.05) is 54.6 Å². The topological polar surface area (TPSA) is 69.6 Å². The first-order valence-corrected chi connectivity index (χ1v) is 18.6. The van der Waals surface area contributed by atoms with Crippen LogP contribution < -0.4 is 0 Å². The Bertz CT molecular complexity index is 3240. The Morgan fingerprint density at radius 2 is 1.02 bits per heavy atom. The summed E-state index contributed by atoms with van der Waals surface area (Å²) in [5.41, 5.74) is 10.6. The quantitative estimate of drug-likeness (QED) is 0.171. The van der Waals surface area contributed by atoms with Gasteiger partial charge in [0.1, 0.15) is 5.52 Å². The van der Waals surface area contributed by atoms with Gasteiger partial charge in [-0.15, -0.1) is 0 Å². The molecule has 0 spiro atoms. The third-order valence-corrected chi connectivity index (χ3v) is 10.5. The summed E-state index contributed by atoms with van der Waals surface area (Å²) in [4.78, 5) is 20.6. The first-order chi connectivity index (χ1) is 27.7. The van der Waals surface area contributed by atoms with Crippen LogP contribution in [0, 0.1) is 0 Å². The molecule has 3 aromatic heterocycles. The zero-order valence-corrected chi connectivity index (χ0v) is 30.0. The van der Waals surface area contributed by atoms with Crippen molar-refractivity contribution in [3.63, 3.8) is 0 Å². The van der Waals surface area contributed by atoms with Gasteiger partial charge < -0.3 is 8.98 Å². The Hall–Kier alpha value is -7.70. The molecule has 0 amide bonds. The zero-order chi connectivity index (χ0) is 37.0. The summed E-state index contributed by atoms with van der Waals surface area (Å²) in [5, 5.41) is 4.20. The molecule has 262 valence electrons. The van der Waals surface area contributed by atoms with Crippen molar-refractivity contribution in [1.82, 2.24) is 24.5 Å². The minimum atomic E-state index is 0.553. The maximum atomic E-state index is 6.57. The second kappa shape index (κ2) is 13.0. The average Bonchev–Trinajstić information content (AvgIpc) is 3.87. The minimum Gasteiger partial charge on any atom is -0.435 e. The van der Waals surface area contributed by atoms with Crippen molar-refractivity contribution in [2.24, 2.45) is 0 Å². The number of fused-ring (bicyclic) bond motifs is 6. The summed E-state index contributed by atoms with van der Waals surface area (Å²) in [6, 6.07) is 64.6. The molecule has 11 rings (SSSR count). The molecule has 11 aromatic rings. The summed E-state index contributed by atoms with van der Waals surface area (Å²) in [5.74, 6) is 2.29. The minimum absolute atomic E-state index is 0.553. The average molecular weight is 718 g/mol. The Morgan fingerprint density at radius 3 is 1.82 bits per heavy atom.